The third-order valence-corrected chi connectivity index (χ3v) is 5.30. The van der Waals surface area contributed by atoms with Crippen LogP contribution in [0, 0.1) is 11.8 Å². The van der Waals surface area contributed by atoms with E-state index in [2.05, 4.69) is 35.3 Å². The molecule has 0 bridgehead atoms. The molecule has 1 aliphatic heterocycles. The second kappa shape index (κ2) is 8.09. The van der Waals surface area contributed by atoms with Gasteiger partial charge in [-0.05, 0) is 55.4 Å². The monoisotopic (exact) mass is 377 g/mol. The number of aromatic nitrogens is 4. The highest BCUT2D eigenvalue weighted by Crippen LogP contribution is 2.22. The smallest absolute Gasteiger partial charge is 0.253 e. The van der Waals surface area contributed by atoms with E-state index < -0.39 is 0 Å². The van der Waals surface area contributed by atoms with E-state index in [9.17, 15) is 4.79 Å². The zero-order chi connectivity index (χ0) is 19.5. The van der Waals surface area contributed by atoms with Crippen LogP contribution in [-0.4, -0.2) is 43.9 Å². The van der Waals surface area contributed by atoms with Crippen LogP contribution in [-0.2, 0) is 13.0 Å². The molecular weight excluding hydrogens is 350 g/mol. The Labute approximate surface area is 165 Å². The summed E-state index contributed by atoms with van der Waals surface area (Å²) in [5.41, 5.74) is 2.70. The van der Waals surface area contributed by atoms with Gasteiger partial charge in [0.05, 0.1) is 11.2 Å². The fourth-order valence-electron chi connectivity index (χ4n) is 3.99. The van der Waals surface area contributed by atoms with Crippen molar-refractivity contribution in [1.29, 1.82) is 0 Å². The summed E-state index contributed by atoms with van der Waals surface area (Å²) in [5, 5.41) is 9.56. The van der Waals surface area contributed by atoms with Crippen LogP contribution in [0.3, 0.4) is 0 Å². The van der Waals surface area contributed by atoms with Crippen LogP contribution in [0.4, 0.5) is 0 Å². The number of pyridine rings is 1. The lowest BCUT2D eigenvalue weighted by Gasteiger charge is -2.32. The lowest BCUT2D eigenvalue weighted by Crippen LogP contribution is -2.41. The van der Waals surface area contributed by atoms with Crippen LogP contribution in [0.15, 0.2) is 42.7 Å². The predicted octanol–water partition coefficient (Wildman–Crippen LogP) is 3.58. The summed E-state index contributed by atoms with van der Waals surface area (Å²) in [6.07, 6.45) is 6.92. The van der Waals surface area contributed by atoms with E-state index in [0.29, 0.717) is 11.8 Å². The quantitative estimate of drug-likeness (QED) is 0.682. The van der Waals surface area contributed by atoms with Crippen LogP contribution in [0.2, 0.25) is 0 Å². The first-order valence-corrected chi connectivity index (χ1v) is 10.1. The van der Waals surface area contributed by atoms with Crippen molar-refractivity contribution < 1.29 is 4.79 Å². The molecule has 2 aromatic heterocycles. The Kier molecular flexibility index (Phi) is 5.37. The predicted molar refractivity (Wildman–Crippen MR) is 109 cm³/mol. The van der Waals surface area contributed by atoms with Crippen LogP contribution >= 0.6 is 0 Å². The molecule has 1 amide bonds. The molecule has 6 heteroatoms. The molecular formula is C22H27N5O. The summed E-state index contributed by atoms with van der Waals surface area (Å²) in [7, 11) is 0. The second-order valence-electron chi connectivity index (χ2n) is 8.20. The van der Waals surface area contributed by atoms with Crippen molar-refractivity contribution in [3.8, 4) is 0 Å². The van der Waals surface area contributed by atoms with Crippen molar-refractivity contribution in [1.82, 2.24) is 24.9 Å². The highest BCUT2D eigenvalue weighted by molar-refractivity contribution is 5.98. The number of fused-ring (bicyclic) bond motifs is 1. The average molecular weight is 377 g/mol. The lowest BCUT2D eigenvalue weighted by molar-refractivity contribution is 0.0659. The van der Waals surface area contributed by atoms with Crippen molar-refractivity contribution in [3.05, 3.63) is 54.0 Å². The fraction of sp³-hybridized carbons (Fsp3) is 0.455. The van der Waals surface area contributed by atoms with Gasteiger partial charge in [0.25, 0.3) is 5.91 Å². The molecule has 0 spiro atoms. The van der Waals surface area contributed by atoms with Crippen LogP contribution < -0.4 is 0 Å². The Bertz CT molecular complexity index is 964. The first kappa shape index (κ1) is 18.6. The molecule has 6 nitrogen and oxygen atoms in total. The number of amides is 1. The minimum absolute atomic E-state index is 0.106. The van der Waals surface area contributed by atoms with Gasteiger partial charge < -0.3 is 4.90 Å². The van der Waals surface area contributed by atoms with Gasteiger partial charge in [0, 0.05) is 43.0 Å². The summed E-state index contributed by atoms with van der Waals surface area (Å²) in [6, 6.07) is 9.66. The second-order valence-corrected chi connectivity index (χ2v) is 8.20. The highest BCUT2D eigenvalue weighted by Gasteiger charge is 2.25. The van der Waals surface area contributed by atoms with E-state index in [-0.39, 0.29) is 5.91 Å². The van der Waals surface area contributed by atoms with Crippen molar-refractivity contribution in [2.75, 3.05) is 13.1 Å². The molecule has 1 aliphatic rings. The van der Waals surface area contributed by atoms with Crippen LogP contribution in [0.1, 0.15) is 42.7 Å². The number of likely N-dealkylation sites (tertiary alicyclic amines) is 1. The number of carbonyl (C=O) groups is 1. The standard InChI is InChI=1S/C22H27N5O/c1-16(2)11-20-15-27(25-24-20)14-17-5-4-10-26(13-17)22(28)19-7-8-21-18(12-19)6-3-9-23-21/h3,6-9,12,15-17H,4-5,10-11,13-14H2,1-2H3. The molecule has 1 fully saturated rings. The van der Waals surface area contributed by atoms with Gasteiger partial charge >= 0.3 is 0 Å². The fourth-order valence-corrected chi connectivity index (χ4v) is 3.99. The van der Waals surface area contributed by atoms with Gasteiger partial charge in [0.1, 0.15) is 0 Å². The molecule has 0 N–H and O–H groups in total. The third kappa shape index (κ3) is 4.21. The number of rotatable bonds is 5. The highest BCUT2D eigenvalue weighted by atomic mass is 16.2. The normalized spacial score (nSPS) is 17.4. The summed E-state index contributed by atoms with van der Waals surface area (Å²) < 4.78 is 1.94. The summed E-state index contributed by atoms with van der Waals surface area (Å²) >= 11 is 0. The lowest BCUT2D eigenvalue weighted by atomic mass is 9.97. The van der Waals surface area contributed by atoms with Gasteiger partial charge in [-0.3, -0.25) is 14.5 Å². The SMILES string of the molecule is CC(C)Cc1cn(CC2CCCN(C(=O)c3ccc4ncccc4c3)C2)nn1. The van der Waals surface area contributed by atoms with E-state index in [1.165, 1.54) is 0 Å². The molecule has 1 unspecified atom stereocenters. The number of nitrogens with zero attached hydrogens (tertiary/aromatic N) is 5. The molecule has 3 heterocycles. The molecule has 146 valence electrons. The molecule has 28 heavy (non-hydrogen) atoms. The summed E-state index contributed by atoms with van der Waals surface area (Å²) in [5.74, 6) is 1.09. The third-order valence-electron chi connectivity index (χ3n) is 5.30. The maximum Gasteiger partial charge on any atom is 0.253 e. The molecule has 1 aromatic carbocycles. The maximum atomic E-state index is 13.0. The van der Waals surface area contributed by atoms with Gasteiger partial charge in [-0.15, -0.1) is 5.10 Å². The molecule has 4 rings (SSSR count). The Balaban J connectivity index is 1.42. The molecule has 0 aliphatic carbocycles. The topological polar surface area (TPSA) is 63.9 Å². The van der Waals surface area contributed by atoms with E-state index in [0.717, 1.165) is 61.1 Å². The summed E-state index contributed by atoms with van der Waals surface area (Å²) in [6.45, 7) is 6.77. The van der Waals surface area contributed by atoms with Gasteiger partial charge in [-0.1, -0.05) is 25.1 Å². The van der Waals surface area contributed by atoms with Crippen molar-refractivity contribution in [3.63, 3.8) is 0 Å². The van der Waals surface area contributed by atoms with Crippen molar-refractivity contribution in [2.24, 2.45) is 11.8 Å². The van der Waals surface area contributed by atoms with E-state index >= 15 is 0 Å². The van der Waals surface area contributed by atoms with Gasteiger partial charge in [0.15, 0.2) is 0 Å². The first-order valence-electron chi connectivity index (χ1n) is 10.1. The van der Waals surface area contributed by atoms with Gasteiger partial charge in [0.2, 0.25) is 0 Å². The summed E-state index contributed by atoms with van der Waals surface area (Å²) in [4.78, 5) is 19.4. The van der Waals surface area contributed by atoms with E-state index in [1.54, 1.807) is 6.20 Å². The number of benzene rings is 1. The van der Waals surface area contributed by atoms with E-state index in [1.807, 2.05) is 39.9 Å². The number of hydrogen-bond donors (Lipinski definition) is 0. The largest absolute Gasteiger partial charge is 0.338 e. The molecule has 0 radical (unpaired) electrons. The Hall–Kier alpha value is -2.76. The van der Waals surface area contributed by atoms with Crippen molar-refractivity contribution in [2.45, 2.75) is 39.7 Å². The minimum atomic E-state index is 0.106. The van der Waals surface area contributed by atoms with Gasteiger partial charge in [-0.25, -0.2) is 0 Å². The van der Waals surface area contributed by atoms with E-state index in [4.69, 9.17) is 0 Å². The Morgan fingerprint density at radius 2 is 2.18 bits per heavy atom. The first-order chi connectivity index (χ1) is 13.6. The Morgan fingerprint density at radius 1 is 1.29 bits per heavy atom. The maximum absolute atomic E-state index is 13.0. The average Bonchev–Trinajstić information content (AvgIpc) is 3.13. The Morgan fingerprint density at radius 3 is 3.04 bits per heavy atom. The number of carbonyl (C=O) groups excluding carboxylic acids is 1. The van der Waals surface area contributed by atoms with Gasteiger partial charge in [-0.2, -0.15) is 0 Å². The number of piperidine rings is 1. The van der Waals surface area contributed by atoms with Crippen LogP contribution in [0.5, 0.6) is 0 Å². The van der Waals surface area contributed by atoms with Crippen LogP contribution in [0.25, 0.3) is 10.9 Å². The zero-order valence-electron chi connectivity index (χ0n) is 16.6. The molecule has 1 atom stereocenters. The number of hydrogen-bond acceptors (Lipinski definition) is 4. The molecule has 1 saturated heterocycles. The zero-order valence-corrected chi connectivity index (χ0v) is 16.6. The minimum Gasteiger partial charge on any atom is -0.338 e. The molecule has 3 aromatic rings. The molecule has 0 saturated carbocycles. The van der Waals surface area contributed by atoms with Crippen molar-refractivity contribution >= 4 is 16.8 Å².